The van der Waals surface area contributed by atoms with E-state index in [1.807, 2.05) is 30.3 Å². The van der Waals surface area contributed by atoms with Gasteiger partial charge in [-0.25, -0.2) is 19.5 Å². The van der Waals surface area contributed by atoms with Gasteiger partial charge in [0, 0.05) is 6.42 Å². The van der Waals surface area contributed by atoms with Crippen molar-refractivity contribution in [2.24, 2.45) is 5.10 Å². The Morgan fingerprint density at radius 2 is 2.19 bits per heavy atom. The lowest BCUT2D eigenvalue weighted by molar-refractivity contribution is -0.137. The Labute approximate surface area is 121 Å². The maximum Gasteiger partial charge on any atom is 0.354 e. The highest BCUT2D eigenvalue weighted by Crippen LogP contribution is 2.16. The van der Waals surface area contributed by atoms with Crippen LogP contribution in [0.1, 0.15) is 12.8 Å². The number of para-hydroxylation sites is 1. The van der Waals surface area contributed by atoms with Crippen molar-refractivity contribution in [3.63, 3.8) is 0 Å². The van der Waals surface area contributed by atoms with Crippen molar-refractivity contribution < 1.29 is 9.53 Å². The molecule has 108 valence electrons. The van der Waals surface area contributed by atoms with Gasteiger partial charge in [0.15, 0.2) is 0 Å². The smallest absolute Gasteiger partial charge is 0.354 e. The van der Waals surface area contributed by atoms with Crippen molar-refractivity contribution in [3.8, 4) is 0 Å². The Bertz CT molecular complexity index is 624. The van der Waals surface area contributed by atoms with E-state index in [-0.39, 0.29) is 5.97 Å². The minimum atomic E-state index is -0.347. The van der Waals surface area contributed by atoms with Crippen LogP contribution in [0.25, 0.3) is 0 Å². The van der Waals surface area contributed by atoms with Gasteiger partial charge >= 0.3 is 5.97 Å². The molecule has 7 heteroatoms. The van der Waals surface area contributed by atoms with Crippen LogP contribution in [0.2, 0.25) is 0 Å². The molecule has 0 bridgehead atoms. The number of carbonyl (C=O) groups is 1. The van der Waals surface area contributed by atoms with Gasteiger partial charge in [-0.05, 0) is 18.6 Å². The van der Waals surface area contributed by atoms with E-state index in [9.17, 15) is 4.79 Å². The summed E-state index contributed by atoms with van der Waals surface area (Å²) in [6.45, 7) is 0.840. The molecule has 7 nitrogen and oxygen atoms in total. The topological polar surface area (TPSA) is 72.6 Å². The zero-order chi connectivity index (χ0) is 14.5. The van der Waals surface area contributed by atoms with E-state index in [4.69, 9.17) is 4.74 Å². The second kappa shape index (κ2) is 6.17. The Morgan fingerprint density at radius 1 is 1.33 bits per heavy atom. The third-order valence-electron chi connectivity index (χ3n) is 3.07. The van der Waals surface area contributed by atoms with Crippen molar-refractivity contribution in [1.82, 2.24) is 14.8 Å². The maximum absolute atomic E-state index is 11.7. The van der Waals surface area contributed by atoms with E-state index in [0.29, 0.717) is 25.4 Å². The number of anilines is 1. The van der Waals surface area contributed by atoms with Crippen molar-refractivity contribution in [2.75, 3.05) is 11.6 Å². The number of aromatic nitrogens is 3. The number of carbonyl (C=O) groups excluding carboxylic acids is 1. The number of hydrogen-bond donors (Lipinski definition) is 0. The average molecular weight is 285 g/mol. The van der Waals surface area contributed by atoms with Crippen LogP contribution >= 0.6 is 0 Å². The standard InChI is InChI=1S/C14H15N5O2/c20-14-13(7-4-8-21-14)17-19(11-18-10-15-9-16-18)12-5-2-1-3-6-12/h1-3,5-6,9-10H,4,7-8,11H2. The summed E-state index contributed by atoms with van der Waals surface area (Å²) in [6.07, 6.45) is 4.50. The fraction of sp³-hybridized carbons (Fsp3) is 0.286. The van der Waals surface area contributed by atoms with Gasteiger partial charge in [-0.1, -0.05) is 18.2 Å². The highest BCUT2D eigenvalue weighted by molar-refractivity contribution is 6.37. The molecule has 1 aromatic carbocycles. The van der Waals surface area contributed by atoms with Gasteiger partial charge in [0.2, 0.25) is 0 Å². The monoisotopic (exact) mass is 285 g/mol. The Balaban J connectivity index is 1.88. The van der Waals surface area contributed by atoms with Crippen LogP contribution < -0.4 is 5.01 Å². The lowest BCUT2D eigenvalue weighted by atomic mass is 10.2. The zero-order valence-electron chi connectivity index (χ0n) is 11.4. The molecule has 2 aromatic rings. The molecule has 1 aliphatic heterocycles. The van der Waals surface area contributed by atoms with Crippen LogP contribution in [0.3, 0.4) is 0 Å². The zero-order valence-corrected chi connectivity index (χ0v) is 11.4. The average Bonchev–Trinajstić information content (AvgIpc) is 3.03. The fourth-order valence-corrected chi connectivity index (χ4v) is 2.04. The number of rotatable bonds is 4. The van der Waals surface area contributed by atoms with Crippen LogP contribution in [0.5, 0.6) is 0 Å². The summed E-state index contributed by atoms with van der Waals surface area (Å²) in [4.78, 5) is 15.7. The van der Waals surface area contributed by atoms with Gasteiger partial charge < -0.3 is 4.74 Å². The molecular weight excluding hydrogens is 270 g/mol. The second-order valence-corrected chi connectivity index (χ2v) is 4.60. The Morgan fingerprint density at radius 3 is 2.90 bits per heavy atom. The van der Waals surface area contributed by atoms with Crippen molar-refractivity contribution >= 4 is 17.4 Å². The predicted molar refractivity (Wildman–Crippen MR) is 76.6 cm³/mol. The normalized spacial score (nSPS) is 16.8. The first-order chi connectivity index (χ1) is 10.3. The minimum Gasteiger partial charge on any atom is -0.461 e. The minimum absolute atomic E-state index is 0.347. The Kier molecular flexibility index (Phi) is 3.90. The lowest BCUT2D eigenvalue weighted by Gasteiger charge is -2.21. The molecule has 0 amide bonds. The largest absolute Gasteiger partial charge is 0.461 e. The van der Waals surface area contributed by atoms with E-state index >= 15 is 0 Å². The van der Waals surface area contributed by atoms with Gasteiger partial charge in [0.25, 0.3) is 0 Å². The Hall–Kier alpha value is -2.70. The van der Waals surface area contributed by atoms with Crippen LogP contribution in [0.4, 0.5) is 5.69 Å². The first kappa shape index (κ1) is 13.3. The summed E-state index contributed by atoms with van der Waals surface area (Å²) < 4.78 is 6.68. The number of ether oxygens (including phenoxy) is 1. The molecule has 1 aromatic heterocycles. The first-order valence-corrected chi connectivity index (χ1v) is 6.72. The summed E-state index contributed by atoms with van der Waals surface area (Å²) in [5.41, 5.74) is 1.31. The number of hydrazone groups is 1. The van der Waals surface area contributed by atoms with Gasteiger partial charge in [0.05, 0.1) is 12.3 Å². The molecule has 0 atom stereocenters. The molecule has 1 aliphatic rings. The number of esters is 1. The van der Waals surface area contributed by atoms with Crippen molar-refractivity contribution in [3.05, 3.63) is 43.0 Å². The van der Waals surface area contributed by atoms with Crippen LogP contribution in [0, 0.1) is 0 Å². The van der Waals surface area contributed by atoms with Gasteiger partial charge in [-0.2, -0.15) is 10.2 Å². The van der Waals surface area contributed by atoms with Gasteiger partial charge in [0.1, 0.15) is 25.0 Å². The van der Waals surface area contributed by atoms with E-state index in [0.717, 1.165) is 12.1 Å². The first-order valence-electron chi connectivity index (χ1n) is 6.72. The highest BCUT2D eigenvalue weighted by Gasteiger charge is 2.20. The number of cyclic esters (lactones) is 1. The third-order valence-corrected chi connectivity index (χ3v) is 3.07. The molecule has 3 rings (SSSR count). The maximum atomic E-state index is 11.7. The highest BCUT2D eigenvalue weighted by atomic mass is 16.5. The van der Waals surface area contributed by atoms with Crippen LogP contribution in [-0.4, -0.2) is 33.1 Å². The van der Waals surface area contributed by atoms with Gasteiger partial charge in [-0.15, -0.1) is 0 Å². The molecule has 0 radical (unpaired) electrons. The molecule has 0 unspecified atom stereocenters. The summed E-state index contributed by atoms with van der Waals surface area (Å²) >= 11 is 0. The fourth-order valence-electron chi connectivity index (χ4n) is 2.04. The molecular formula is C14H15N5O2. The third kappa shape index (κ3) is 3.25. The molecule has 21 heavy (non-hydrogen) atoms. The SMILES string of the molecule is O=C1OCCCC1=NN(Cn1cncn1)c1ccccc1. The molecule has 0 aliphatic carbocycles. The number of benzene rings is 1. The molecule has 0 saturated carbocycles. The van der Waals surface area contributed by atoms with Crippen molar-refractivity contribution in [1.29, 1.82) is 0 Å². The summed E-state index contributed by atoms with van der Waals surface area (Å²) in [6, 6.07) is 9.62. The summed E-state index contributed by atoms with van der Waals surface area (Å²) in [5.74, 6) is -0.347. The molecule has 0 N–H and O–H groups in total. The number of hydrogen-bond acceptors (Lipinski definition) is 6. The van der Waals surface area contributed by atoms with E-state index in [1.165, 1.54) is 6.33 Å². The van der Waals surface area contributed by atoms with E-state index in [2.05, 4.69) is 15.2 Å². The van der Waals surface area contributed by atoms with Crippen LogP contribution in [-0.2, 0) is 16.2 Å². The molecule has 2 heterocycles. The van der Waals surface area contributed by atoms with Crippen LogP contribution in [0.15, 0.2) is 48.1 Å². The summed E-state index contributed by atoms with van der Waals surface area (Å²) in [7, 11) is 0. The lowest BCUT2D eigenvalue weighted by Crippen LogP contribution is -2.29. The predicted octanol–water partition coefficient (Wildman–Crippen LogP) is 1.44. The van der Waals surface area contributed by atoms with E-state index < -0.39 is 0 Å². The van der Waals surface area contributed by atoms with Gasteiger partial charge in [-0.3, -0.25) is 0 Å². The van der Waals surface area contributed by atoms with Crippen molar-refractivity contribution in [2.45, 2.75) is 19.5 Å². The molecule has 0 spiro atoms. The summed E-state index contributed by atoms with van der Waals surface area (Å²) in [5, 5.41) is 10.2. The quantitative estimate of drug-likeness (QED) is 0.627. The molecule has 1 saturated heterocycles. The van der Waals surface area contributed by atoms with E-state index in [1.54, 1.807) is 16.0 Å². The molecule has 1 fully saturated rings. The number of nitrogens with zero attached hydrogens (tertiary/aromatic N) is 5. The second-order valence-electron chi connectivity index (χ2n) is 4.60.